The first-order chi connectivity index (χ1) is 16.5. The Hall–Kier alpha value is -3.38. The largest absolute Gasteiger partial charge is 0.352 e. The SMILES string of the molecule is O=C(c1ccc(S(=O)(=O)N2CCCCC2)cc1)N1CCN(c2ccc(-n3cncn3)nn2)CC1. The maximum atomic E-state index is 13.0. The van der Waals surface area contributed by atoms with Crippen molar-refractivity contribution >= 4 is 21.7 Å². The summed E-state index contributed by atoms with van der Waals surface area (Å²) in [6, 6.07) is 10.0. The fourth-order valence-corrected chi connectivity index (χ4v) is 5.80. The van der Waals surface area contributed by atoms with E-state index in [0.717, 1.165) is 25.1 Å². The first-order valence-electron chi connectivity index (χ1n) is 11.4. The van der Waals surface area contributed by atoms with E-state index in [1.807, 2.05) is 12.1 Å². The number of piperidine rings is 1. The molecule has 0 bridgehead atoms. The van der Waals surface area contributed by atoms with Crippen LogP contribution in [0.1, 0.15) is 29.6 Å². The molecule has 3 aromatic rings. The third kappa shape index (κ3) is 4.50. The van der Waals surface area contributed by atoms with E-state index in [2.05, 4.69) is 25.2 Å². The van der Waals surface area contributed by atoms with Gasteiger partial charge in [-0.1, -0.05) is 6.42 Å². The number of carbonyl (C=O) groups is 1. The molecular formula is C22H26N8O3S. The molecule has 2 aliphatic rings. The zero-order chi connectivity index (χ0) is 23.5. The molecule has 0 atom stereocenters. The molecule has 34 heavy (non-hydrogen) atoms. The number of nitrogens with zero attached hydrogens (tertiary/aromatic N) is 8. The maximum Gasteiger partial charge on any atom is 0.253 e. The Kier molecular flexibility index (Phi) is 6.24. The van der Waals surface area contributed by atoms with Gasteiger partial charge in [0.1, 0.15) is 12.7 Å². The summed E-state index contributed by atoms with van der Waals surface area (Å²) in [4.78, 5) is 21.0. The highest BCUT2D eigenvalue weighted by Crippen LogP contribution is 2.22. The van der Waals surface area contributed by atoms with Crippen molar-refractivity contribution in [2.75, 3.05) is 44.2 Å². The molecule has 1 amide bonds. The molecule has 0 unspecified atom stereocenters. The van der Waals surface area contributed by atoms with Gasteiger partial charge >= 0.3 is 0 Å². The Labute approximate surface area is 198 Å². The monoisotopic (exact) mass is 482 g/mol. The second kappa shape index (κ2) is 9.47. The minimum Gasteiger partial charge on any atom is -0.352 e. The van der Waals surface area contributed by atoms with Crippen LogP contribution in [0.2, 0.25) is 0 Å². The summed E-state index contributed by atoms with van der Waals surface area (Å²) in [5.41, 5.74) is 0.489. The highest BCUT2D eigenvalue weighted by atomic mass is 32.2. The number of anilines is 1. The smallest absolute Gasteiger partial charge is 0.253 e. The highest BCUT2D eigenvalue weighted by molar-refractivity contribution is 7.89. The number of hydrogen-bond acceptors (Lipinski definition) is 8. The van der Waals surface area contributed by atoms with E-state index in [1.165, 1.54) is 15.3 Å². The van der Waals surface area contributed by atoms with Crippen LogP contribution >= 0.6 is 0 Å². The standard InChI is InChI=1S/C22H26N8O3S/c31-22(18-4-6-19(7-5-18)34(32,33)29-10-2-1-3-11-29)28-14-12-27(13-15-28)20-8-9-21(26-25-20)30-17-23-16-24-30/h4-9,16-17H,1-3,10-15H2. The van der Waals surface area contributed by atoms with Crippen molar-refractivity contribution < 1.29 is 13.2 Å². The van der Waals surface area contributed by atoms with Crippen molar-refractivity contribution in [3.05, 3.63) is 54.6 Å². The molecule has 0 radical (unpaired) electrons. The lowest BCUT2D eigenvalue weighted by molar-refractivity contribution is 0.0746. The van der Waals surface area contributed by atoms with Crippen molar-refractivity contribution in [1.29, 1.82) is 0 Å². The van der Waals surface area contributed by atoms with Crippen LogP contribution in [0.5, 0.6) is 0 Å². The minimum atomic E-state index is -3.50. The summed E-state index contributed by atoms with van der Waals surface area (Å²) in [7, 11) is -3.50. The number of amides is 1. The van der Waals surface area contributed by atoms with E-state index in [-0.39, 0.29) is 10.8 Å². The van der Waals surface area contributed by atoms with Gasteiger partial charge in [0.25, 0.3) is 5.91 Å². The molecule has 0 saturated carbocycles. The molecule has 2 aromatic heterocycles. The average Bonchev–Trinajstić information content (AvgIpc) is 3.44. The molecule has 2 aliphatic heterocycles. The zero-order valence-corrected chi connectivity index (χ0v) is 19.5. The van der Waals surface area contributed by atoms with Crippen molar-refractivity contribution in [3.8, 4) is 5.82 Å². The zero-order valence-electron chi connectivity index (χ0n) is 18.7. The summed E-state index contributed by atoms with van der Waals surface area (Å²) < 4.78 is 28.7. The lowest BCUT2D eigenvalue weighted by Gasteiger charge is -2.35. The molecule has 0 aliphatic carbocycles. The van der Waals surface area contributed by atoms with Crippen molar-refractivity contribution in [1.82, 2.24) is 34.2 Å². The van der Waals surface area contributed by atoms with Gasteiger partial charge in [0.05, 0.1) is 4.90 Å². The second-order valence-electron chi connectivity index (χ2n) is 8.36. The molecule has 2 saturated heterocycles. The van der Waals surface area contributed by atoms with Gasteiger partial charge in [-0.05, 0) is 49.2 Å². The molecule has 2 fully saturated rings. The lowest BCUT2D eigenvalue weighted by atomic mass is 10.2. The highest BCUT2D eigenvalue weighted by Gasteiger charge is 2.27. The van der Waals surface area contributed by atoms with Crippen LogP contribution in [0.3, 0.4) is 0 Å². The third-order valence-electron chi connectivity index (χ3n) is 6.23. The van der Waals surface area contributed by atoms with Crippen LogP contribution in [-0.2, 0) is 10.0 Å². The minimum absolute atomic E-state index is 0.103. The molecular weight excluding hydrogens is 456 g/mol. The molecule has 12 heteroatoms. The lowest BCUT2D eigenvalue weighted by Crippen LogP contribution is -2.49. The third-order valence-corrected chi connectivity index (χ3v) is 8.15. The molecule has 0 spiro atoms. The van der Waals surface area contributed by atoms with Crippen molar-refractivity contribution in [2.24, 2.45) is 0 Å². The van der Waals surface area contributed by atoms with Gasteiger partial charge in [0.15, 0.2) is 11.6 Å². The first kappa shape index (κ1) is 22.4. The molecule has 5 rings (SSSR count). The van der Waals surface area contributed by atoms with E-state index >= 15 is 0 Å². The van der Waals surface area contributed by atoms with Crippen LogP contribution in [0, 0.1) is 0 Å². The van der Waals surface area contributed by atoms with Gasteiger partial charge in [-0.25, -0.2) is 18.1 Å². The molecule has 4 heterocycles. The summed E-state index contributed by atoms with van der Waals surface area (Å²) in [5.74, 6) is 1.22. The Balaban J connectivity index is 1.19. The second-order valence-corrected chi connectivity index (χ2v) is 10.3. The summed E-state index contributed by atoms with van der Waals surface area (Å²) in [5, 5.41) is 12.5. The Morgan fingerprint density at radius 1 is 0.794 bits per heavy atom. The van der Waals surface area contributed by atoms with Gasteiger partial charge in [-0.15, -0.1) is 10.2 Å². The fourth-order valence-electron chi connectivity index (χ4n) is 4.28. The van der Waals surface area contributed by atoms with Gasteiger partial charge in [0, 0.05) is 44.8 Å². The van der Waals surface area contributed by atoms with E-state index < -0.39 is 10.0 Å². The van der Waals surface area contributed by atoms with E-state index in [9.17, 15) is 13.2 Å². The molecule has 178 valence electrons. The van der Waals surface area contributed by atoms with E-state index in [4.69, 9.17) is 0 Å². The van der Waals surface area contributed by atoms with Crippen LogP contribution in [0.4, 0.5) is 5.82 Å². The average molecular weight is 483 g/mol. The predicted molar refractivity (Wildman–Crippen MR) is 124 cm³/mol. The van der Waals surface area contributed by atoms with Gasteiger partial charge in [0.2, 0.25) is 10.0 Å². The molecule has 0 N–H and O–H groups in total. The van der Waals surface area contributed by atoms with Crippen LogP contribution in [0.15, 0.2) is 53.9 Å². The van der Waals surface area contributed by atoms with Crippen molar-refractivity contribution in [3.63, 3.8) is 0 Å². The Bertz CT molecular complexity index is 1220. The van der Waals surface area contributed by atoms with Gasteiger partial charge in [-0.2, -0.15) is 9.40 Å². The van der Waals surface area contributed by atoms with E-state index in [0.29, 0.717) is 50.6 Å². The number of carbonyl (C=O) groups excluding carboxylic acids is 1. The van der Waals surface area contributed by atoms with E-state index in [1.54, 1.807) is 35.5 Å². The number of hydrogen-bond donors (Lipinski definition) is 0. The number of sulfonamides is 1. The quantitative estimate of drug-likeness (QED) is 0.532. The molecule has 11 nitrogen and oxygen atoms in total. The van der Waals surface area contributed by atoms with Crippen LogP contribution in [-0.4, -0.2) is 87.8 Å². The predicted octanol–water partition coefficient (Wildman–Crippen LogP) is 1.19. The Morgan fingerprint density at radius 2 is 1.47 bits per heavy atom. The van der Waals surface area contributed by atoms with Crippen molar-refractivity contribution in [2.45, 2.75) is 24.2 Å². The number of piperazine rings is 1. The maximum absolute atomic E-state index is 13.0. The normalized spacial score (nSPS) is 17.6. The van der Waals surface area contributed by atoms with Gasteiger partial charge in [-0.3, -0.25) is 4.79 Å². The number of aromatic nitrogens is 5. The first-order valence-corrected chi connectivity index (χ1v) is 12.8. The van der Waals surface area contributed by atoms with Crippen LogP contribution in [0.25, 0.3) is 5.82 Å². The Morgan fingerprint density at radius 3 is 2.09 bits per heavy atom. The van der Waals surface area contributed by atoms with Crippen LogP contribution < -0.4 is 4.90 Å². The number of benzene rings is 1. The number of rotatable bonds is 5. The molecule has 1 aromatic carbocycles. The summed E-state index contributed by atoms with van der Waals surface area (Å²) >= 11 is 0. The summed E-state index contributed by atoms with van der Waals surface area (Å²) in [6.45, 7) is 3.45. The summed E-state index contributed by atoms with van der Waals surface area (Å²) in [6.07, 6.45) is 5.84. The topological polar surface area (TPSA) is 117 Å². The fraction of sp³-hybridized carbons (Fsp3) is 0.409. The van der Waals surface area contributed by atoms with Gasteiger partial charge < -0.3 is 9.80 Å².